The average Bonchev–Trinajstić information content (AvgIpc) is 3.18. The van der Waals surface area contributed by atoms with Gasteiger partial charge in [-0.1, -0.05) is 18.2 Å². The molecule has 0 aliphatic rings. The summed E-state index contributed by atoms with van der Waals surface area (Å²) in [7, 11) is 0.383. The van der Waals surface area contributed by atoms with Gasteiger partial charge in [0.25, 0.3) is 10.0 Å². The number of carbonyl (C=O) groups excluding carboxylic acids is 1. The summed E-state index contributed by atoms with van der Waals surface area (Å²) in [4.78, 5) is 15.5. The number of hydrogen-bond acceptors (Lipinski definition) is 7. The number of ether oxygens (including phenoxy) is 3. The quantitative estimate of drug-likeness (QED) is 0.561. The maximum Gasteiger partial charge on any atom is 0.269 e. The Hall–Kier alpha value is -3.33. The van der Waals surface area contributed by atoms with Crippen molar-refractivity contribution in [3.05, 3.63) is 54.4 Å². The van der Waals surface area contributed by atoms with E-state index in [2.05, 4.69) is 4.98 Å². The van der Waals surface area contributed by atoms with E-state index in [1.165, 1.54) is 39.7 Å². The smallest absolute Gasteiger partial charge is 0.269 e. The highest BCUT2D eigenvalue weighted by atomic mass is 32.2. The Morgan fingerprint density at radius 1 is 0.964 bits per heavy atom. The molecule has 28 heavy (non-hydrogen) atoms. The standard InChI is InChI=1S/C19H18N2O6S/c1-25-16-9-13(10-17(26-2)18(16)27-3)19-20-14(12-22)11-21(19)28(23,24)15-7-5-4-6-8-15/h4-12H,1-3H3. The van der Waals surface area contributed by atoms with E-state index < -0.39 is 10.0 Å². The van der Waals surface area contributed by atoms with E-state index in [4.69, 9.17) is 14.2 Å². The van der Waals surface area contributed by atoms with Crippen LogP contribution in [0.4, 0.5) is 0 Å². The van der Waals surface area contributed by atoms with Crippen LogP contribution in [0.2, 0.25) is 0 Å². The predicted octanol–water partition coefficient (Wildman–Crippen LogP) is 2.63. The summed E-state index contributed by atoms with van der Waals surface area (Å²) < 4.78 is 43.1. The van der Waals surface area contributed by atoms with Gasteiger partial charge in [0.1, 0.15) is 5.69 Å². The SMILES string of the molecule is COc1cc(-c2nc(C=O)cn2S(=O)(=O)c2ccccc2)cc(OC)c1OC. The summed E-state index contributed by atoms with van der Waals surface area (Å²) >= 11 is 0. The van der Waals surface area contributed by atoms with Crippen molar-refractivity contribution < 1.29 is 27.4 Å². The number of aromatic nitrogens is 2. The summed E-state index contributed by atoms with van der Waals surface area (Å²) in [5.74, 6) is 1.06. The van der Waals surface area contributed by atoms with Crippen LogP contribution in [0.15, 0.2) is 53.6 Å². The van der Waals surface area contributed by atoms with Crippen molar-refractivity contribution in [2.24, 2.45) is 0 Å². The van der Waals surface area contributed by atoms with Gasteiger partial charge in [0.15, 0.2) is 23.6 Å². The topological polar surface area (TPSA) is 96.7 Å². The van der Waals surface area contributed by atoms with Crippen LogP contribution in [0.3, 0.4) is 0 Å². The minimum Gasteiger partial charge on any atom is -0.493 e. The van der Waals surface area contributed by atoms with Gasteiger partial charge in [0.2, 0.25) is 5.75 Å². The third kappa shape index (κ3) is 3.31. The first-order valence-corrected chi connectivity index (χ1v) is 9.55. The van der Waals surface area contributed by atoms with Gasteiger partial charge in [-0.2, -0.15) is 0 Å². The van der Waals surface area contributed by atoms with Gasteiger partial charge >= 0.3 is 0 Å². The molecule has 2 aromatic carbocycles. The molecule has 1 aromatic heterocycles. The Kier molecular flexibility index (Phi) is 5.36. The zero-order valence-corrected chi connectivity index (χ0v) is 16.3. The van der Waals surface area contributed by atoms with E-state index >= 15 is 0 Å². The molecule has 0 unspecified atom stereocenters. The van der Waals surface area contributed by atoms with E-state index in [1.54, 1.807) is 30.3 Å². The minimum atomic E-state index is -3.98. The van der Waals surface area contributed by atoms with Crippen LogP contribution in [0, 0.1) is 0 Å². The van der Waals surface area contributed by atoms with Crippen LogP contribution in [0.5, 0.6) is 17.2 Å². The van der Waals surface area contributed by atoms with Crippen LogP contribution >= 0.6 is 0 Å². The van der Waals surface area contributed by atoms with Gasteiger partial charge in [0, 0.05) is 5.56 Å². The lowest BCUT2D eigenvalue weighted by atomic mass is 10.1. The number of nitrogens with zero attached hydrogens (tertiary/aromatic N) is 2. The second-order valence-electron chi connectivity index (χ2n) is 5.64. The minimum absolute atomic E-state index is 0.0248. The summed E-state index contributed by atoms with van der Waals surface area (Å²) in [5, 5.41) is 0. The monoisotopic (exact) mass is 402 g/mol. The molecule has 3 rings (SSSR count). The molecule has 0 N–H and O–H groups in total. The predicted molar refractivity (Wildman–Crippen MR) is 102 cm³/mol. The van der Waals surface area contributed by atoms with Gasteiger partial charge in [-0.05, 0) is 24.3 Å². The highest BCUT2D eigenvalue weighted by molar-refractivity contribution is 7.90. The summed E-state index contributed by atoms with van der Waals surface area (Å²) in [6.45, 7) is 0. The molecule has 0 fully saturated rings. The maximum absolute atomic E-state index is 13.1. The zero-order valence-electron chi connectivity index (χ0n) is 15.4. The first-order valence-electron chi connectivity index (χ1n) is 8.11. The number of rotatable bonds is 7. The average molecular weight is 402 g/mol. The lowest BCUT2D eigenvalue weighted by Crippen LogP contribution is -2.13. The van der Waals surface area contributed by atoms with Crippen LogP contribution < -0.4 is 14.2 Å². The normalized spacial score (nSPS) is 11.1. The molecule has 0 bridgehead atoms. The molecule has 0 spiro atoms. The lowest BCUT2D eigenvalue weighted by molar-refractivity contribution is 0.111. The number of hydrogen-bond donors (Lipinski definition) is 0. The van der Waals surface area contributed by atoms with Gasteiger partial charge in [0.05, 0.1) is 32.4 Å². The lowest BCUT2D eigenvalue weighted by Gasteiger charge is -2.15. The Balaban J connectivity index is 2.27. The number of benzene rings is 2. The van der Waals surface area contributed by atoms with E-state index in [-0.39, 0.29) is 16.4 Å². The maximum atomic E-state index is 13.1. The fraction of sp³-hybridized carbons (Fsp3) is 0.158. The molecule has 3 aromatic rings. The Morgan fingerprint density at radius 3 is 2.07 bits per heavy atom. The first kappa shape index (κ1) is 19.4. The van der Waals surface area contributed by atoms with Crippen molar-refractivity contribution in [1.29, 1.82) is 0 Å². The summed E-state index contributed by atoms with van der Waals surface area (Å²) in [6.07, 6.45) is 1.66. The van der Waals surface area contributed by atoms with Gasteiger partial charge < -0.3 is 14.2 Å². The number of methoxy groups -OCH3 is 3. The molecule has 0 atom stereocenters. The molecule has 0 radical (unpaired) electrons. The van der Waals surface area contributed by atoms with Crippen molar-refractivity contribution in [3.8, 4) is 28.6 Å². The zero-order chi connectivity index (χ0) is 20.3. The molecule has 1 heterocycles. The van der Waals surface area contributed by atoms with Crippen molar-refractivity contribution in [2.45, 2.75) is 4.90 Å². The summed E-state index contributed by atoms with van der Waals surface area (Å²) in [5.41, 5.74) is 0.352. The van der Waals surface area contributed by atoms with E-state index in [0.29, 0.717) is 29.1 Å². The Morgan fingerprint density at radius 2 is 1.57 bits per heavy atom. The number of aldehydes is 1. The highest BCUT2D eigenvalue weighted by Gasteiger charge is 2.25. The molecule has 8 nitrogen and oxygen atoms in total. The van der Waals surface area contributed by atoms with Crippen LogP contribution in [-0.2, 0) is 10.0 Å². The molecular formula is C19H18N2O6S. The first-order chi connectivity index (χ1) is 13.5. The van der Waals surface area contributed by atoms with Gasteiger partial charge in [-0.25, -0.2) is 17.4 Å². The second kappa shape index (κ2) is 7.73. The fourth-order valence-corrected chi connectivity index (χ4v) is 4.08. The molecule has 0 aliphatic carbocycles. The molecule has 0 aliphatic heterocycles. The Labute approximate surface area is 162 Å². The molecule has 0 saturated heterocycles. The van der Waals surface area contributed by atoms with E-state index in [0.717, 1.165) is 3.97 Å². The third-order valence-electron chi connectivity index (χ3n) is 4.04. The van der Waals surface area contributed by atoms with E-state index in [1.807, 2.05) is 0 Å². The summed E-state index contributed by atoms with van der Waals surface area (Å²) in [6, 6.07) is 11.0. The van der Waals surface area contributed by atoms with Crippen molar-refractivity contribution >= 4 is 16.3 Å². The highest BCUT2D eigenvalue weighted by Crippen LogP contribution is 2.41. The second-order valence-corrected chi connectivity index (χ2v) is 7.45. The van der Waals surface area contributed by atoms with Gasteiger partial charge in [-0.15, -0.1) is 0 Å². The van der Waals surface area contributed by atoms with Crippen LogP contribution in [0.1, 0.15) is 10.5 Å². The van der Waals surface area contributed by atoms with Crippen molar-refractivity contribution in [2.75, 3.05) is 21.3 Å². The van der Waals surface area contributed by atoms with Crippen LogP contribution in [-0.4, -0.2) is 45.0 Å². The van der Waals surface area contributed by atoms with E-state index in [9.17, 15) is 13.2 Å². The molecule has 0 saturated carbocycles. The third-order valence-corrected chi connectivity index (χ3v) is 5.70. The molecule has 146 valence electrons. The molecule has 0 amide bonds. The molecule has 9 heteroatoms. The number of imidazole rings is 1. The van der Waals surface area contributed by atoms with Crippen molar-refractivity contribution in [3.63, 3.8) is 0 Å². The Bertz CT molecular complexity index is 1080. The molecular weight excluding hydrogens is 384 g/mol. The van der Waals surface area contributed by atoms with Gasteiger partial charge in [-0.3, -0.25) is 4.79 Å². The largest absolute Gasteiger partial charge is 0.493 e. The van der Waals surface area contributed by atoms with Crippen molar-refractivity contribution in [1.82, 2.24) is 8.96 Å². The fourth-order valence-electron chi connectivity index (χ4n) is 2.73. The number of carbonyl (C=O) groups is 1. The van der Waals surface area contributed by atoms with Crippen LogP contribution in [0.25, 0.3) is 11.4 Å².